The summed E-state index contributed by atoms with van der Waals surface area (Å²) in [5.41, 5.74) is 3.12. The summed E-state index contributed by atoms with van der Waals surface area (Å²) < 4.78 is 0. The molecule has 1 aromatic heterocycles. The van der Waals surface area contributed by atoms with E-state index in [1.807, 2.05) is 5.51 Å². The Labute approximate surface area is 95.3 Å². The van der Waals surface area contributed by atoms with Crippen LogP contribution >= 0.6 is 11.3 Å². The molecule has 0 spiro atoms. The Morgan fingerprint density at radius 2 is 2.60 bits per heavy atom. The molecule has 0 aromatic carbocycles. The Balaban J connectivity index is 1.54. The van der Waals surface area contributed by atoms with E-state index in [2.05, 4.69) is 21.0 Å². The van der Waals surface area contributed by atoms with Crippen LogP contribution in [0, 0.1) is 5.92 Å². The summed E-state index contributed by atoms with van der Waals surface area (Å²) in [7, 11) is 0. The van der Waals surface area contributed by atoms with Crippen LogP contribution in [0.1, 0.15) is 18.5 Å². The number of hydrogen-bond donors (Lipinski definition) is 2. The molecular weight excluding hydrogens is 206 g/mol. The molecule has 15 heavy (non-hydrogen) atoms. The minimum absolute atomic E-state index is 0.828. The maximum Gasteiger partial charge on any atom is 0.0794 e. The maximum absolute atomic E-state index is 4.27. The molecule has 84 valence electrons. The van der Waals surface area contributed by atoms with E-state index in [0.717, 1.165) is 25.4 Å². The highest BCUT2D eigenvalue weighted by Gasteiger charge is 2.11. The van der Waals surface area contributed by atoms with Crippen LogP contribution in [0.4, 0.5) is 0 Å². The Bertz CT molecular complexity index is 255. The molecule has 1 aromatic rings. The summed E-state index contributed by atoms with van der Waals surface area (Å²) in [5.74, 6) is 0.828. The number of hydrogen-bond acceptors (Lipinski definition) is 4. The number of nitrogens with zero attached hydrogens (tertiary/aromatic N) is 1. The number of thiazole rings is 1. The Morgan fingerprint density at radius 3 is 3.33 bits per heavy atom. The molecule has 0 saturated carbocycles. The predicted molar refractivity (Wildman–Crippen MR) is 64.3 cm³/mol. The van der Waals surface area contributed by atoms with Gasteiger partial charge >= 0.3 is 0 Å². The molecule has 1 unspecified atom stereocenters. The van der Waals surface area contributed by atoms with Gasteiger partial charge in [-0.1, -0.05) is 0 Å². The standard InChI is InChI=1S/C11H19N3S/c1-2-10(6-12-4-1)7-13-5-3-11-8-15-9-14-11/h8-10,12-13H,1-7H2. The number of piperidine rings is 1. The van der Waals surface area contributed by atoms with E-state index in [9.17, 15) is 0 Å². The van der Waals surface area contributed by atoms with Gasteiger partial charge in [0.1, 0.15) is 0 Å². The Kier molecular flexibility index (Phi) is 4.57. The molecule has 2 N–H and O–H groups in total. The zero-order valence-electron chi connectivity index (χ0n) is 9.04. The van der Waals surface area contributed by atoms with Crippen molar-refractivity contribution in [2.24, 2.45) is 5.92 Å². The predicted octanol–water partition coefficient (Wildman–Crippen LogP) is 1.27. The van der Waals surface area contributed by atoms with Crippen molar-refractivity contribution < 1.29 is 0 Å². The molecule has 0 bridgehead atoms. The van der Waals surface area contributed by atoms with Crippen molar-refractivity contribution in [2.45, 2.75) is 19.3 Å². The molecule has 2 rings (SSSR count). The normalized spacial score (nSPS) is 21.7. The Morgan fingerprint density at radius 1 is 1.60 bits per heavy atom. The average molecular weight is 225 g/mol. The number of aromatic nitrogens is 1. The second-order valence-electron chi connectivity index (χ2n) is 4.15. The van der Waals surface area contributed by atoms with Crippen molar-refractivity contribution in [3.8, 4) is 0 Å². The molecule has 2 heterocycles. The largest absolute Gasteiger partial charge is 0.316 e. The van der Waals surface area contributed by atoms with Gasteiger partial charge in [-0.2, -0.15) is 0 Å². The van der Waals surface area contributed by atoms with Crippen LogP contribution < -0.4 is 10.6 Å². The molecule has 0 amide bonds. The van der Waals surface area contributed by atoms with Gasteiger partial charge < -0.3 is 10.6 Å². The first-order valence-electron chi connectivity index (χ1n) is 5.73. The smallest absolute Gasteiger partial charge is 0.0794 e. The summed E-state index contributed by atoms with van der Waals surface area (Å²) >= 11 is 1.68. The van der Waals surface area contributed by atoms with E-state index in [-0.39, 0.29) is 0 Å². The minimum atomic E-state index is 0.828. The van der Waals surface area contributed by atoms with Gasteiger partial charge in [-0.3, -0.25) is 0 Å². The first-order chi connectivity index (χ1) is 7.45. The molecule has 0 aliphatic carbocycles. The van der Waals surface area contributed by atoms with Gasteiger partial charge in [0.25, 0.3) is 0 Å². The molecule has 3 nitrogen and oxygen atoms in total. The SMILES string of the molecule is c1nc(CCNCC2CCCNC2)cs1. The van der Waals surface area contributed by atoms with Gasteiger partial charge in [0.15, 0.2) is 0 Å². The molecule has 0 radical (unpaired) electrons. The average Bonchev–Trinajstić information content (AvgIpc) is 2.79. The quantitative estimate of drug-likeness (QED) is 0.741. The van der Waals surface area contributed by atoms with Crippen molar-refractivity contribution in [1.29, 1.82) is 0 Å². The highest BCUT2D eigenvalue weighted by molar-refractivity contribution is 7.07. The minimum Gasteiger partial charge on any atom is -0.316 e. The third kappa shape index (κ3) is 3.89. The third-order valence-electron chi connectivity index (χ3n) is 2.87. The molecule has 4 heteroatoms. The van der Waals surface area contributed by atoms with Crippen LogP contribution in [0.5, 0.6) is 0 Å². The van der Waals surface area contributed by atoms with Gasteiger partial charge in [0.05, 0.1) is 11.2 Å². The lowest BCUT2D eigenvalue weighted by molar-refractivity contribution is 0.361. The van der Waals surface area contributed by atoms with Gasteiger partial charge in [0, 0.05) is 18.3 Å². The first kappa shape index (κ1) is 11.0. The highest BCUT2D eigenvalue weighted by Crippen LogP contribution is 2.08. The van der Waals surface area contributed by atoms with E-state index in [1.54, 1.807) is 11.3 Å². The summed E-state index contributed by atoms with van der Waals surface area (Å²) in [6.45, 7) is 4.59. The highest BCUT2D eigenvalue weighted by atomic mass is 32.1. The molecular formula is C11H19N3S. The Hall–Kier alpha value is -0.450. The van der Waals surface area contributed by atoms with Crippen LogP contribution in [0.25, 0.3) is 0 Å². The van der Waals surface area contributed by atoms with Gasteiger partial charge in [0.2, 0.25) is 0 Å². The second kappa shape index (κ2) is 6.20. The molecule has 1 fully saturated rings. The van der Waals surface area contributed by atoms with Crippen molar-refractivity contribution in [3.05, 3.63) is 16.6 Å². The van der Waals surface area contributed by atoms with E-state index in [4.69, 9.17) is 0 Å². The fourth-order valence-electron chi connectivity index (χ4n) is 1.98. The van der Waals surface area contributed by atoms with Crippen molar-refractivity contribution in [2.75, 3.05) is 26.2 Å². The van der Waals surface area contributed by atoms with Crippen molar-refractivity contribution >= 4 is 11.3 Å². The fraction of sp³-hybridized carbons (Fsp3) is 0.727. The lowest BCUT2D eigenvalue weighted by atomic mass is 10.00. The summed E-state index contributed by atoms with van der Waals surface area (Å²) in [6, 6.07) is 0. The molecule has 1 aliphatic heterocycles. The summed E-state index contributed by atoms with van der Waals surface area (Å²) in [6.07, 6.45) is 3.76. The molecule has 1 aliphatic rings. The van der Waals surface area contributed by atoms with Crippen LogP contribution in [-0.2, 0) is 6.42 Å². The van der Waals surface area contributed by atoms with Crippen LogP contribution in [0.3, 0.4) is 0 Å². The zero-order valence-corrected chi connectivity index (χ0v) is 9.85. The van der Waals surface area contributed by atoms with Crippen molar-refractivity contribution in [3.63, 3.8) is 0 Å². The van der Waals surface area contributed by atoms with E-state index >= 15 is 0 Å². The topological polar surface area (TPSA) is 37.0 Å². The van der Waals surface area contributed by atoms with Gasteiger partial charge in [-0.05, 0) is 38.4 Å². The van der Waals surface area contributed by atoms with Crippen LogP contribution in [0.2, 0.25) is 0 Å². The lowest BCUT2D eigenvalue weighted by Crippen LogP contribution is -2.36. The van der Waals surface area contributed by atoms with Gasteiger partial charge in [-0.25, -0.2) is 4.98 Å². The zero-order chi connectivity index (χ0) is 10.3. The van der Waals surface area contributed by atoms with Crippen LogP contribution in [0.15, 0.2) is 10.9 Å². The van der Waals surface area contributed by atoms with Crippen molar-refractivity contribution in [1.82, 2.24) is 15.6 Å². The van der Waals surface area contributed by atoms with E-state index in [1.165, 1.54) is 31.6 Å². The number of rotatable bonds is 5. The van der Waals surface area contributed by atoms with E-state index in [0.29, 0.717) is 0 Å². The number of nitrogens with one attached hydrogen (secondary N) is 2. The van der Waals surface area contributed by atoms with Crippen LogP contribution in [-0.4, -0.2) is 31.2 Å². The summed E-state index contributed by atoms with van der Waals surface area (Å²) in [5, 5.41) is 9.09. The maximum atomic E-state index is 4.27. The lowest BCUT2D eigenvalue weighted by Gasteiger charge is -2.22. The van der Waals surface area contributed by atoms with Gasteiger partial charge in [-0.15, -0.1) is 11.3 Å². The molecule has 1 saturated heterocycles. The molecule has 1 atom stereocenters. The fourth-order valence-corrected chi connectivity index (χ4v) is 2.57. The first-order valence-corrected chi connectivity index (χ1v) is 6.68. The third-order valence-corrected chi connectivity index (χ3v) is 3.51. The monoisotopic (exact) mass is 225 g/mol. The van der Waals surface area contributed by atoms with E-state index < -0.39 is 0 Å². The summed E-state index contributed by atoms with van der Waals surface area (Å²) in [4.78, 5) is 4.27. The second-order valence-corrected chi connectivity index (χ2v) is 4.86.